The van der Waals surface area contributed by atoms with Gasteiger partial charge in [-0.15, -0.1) is 0 Å². The van der Waals surface area contributed by atoms with Gasteiger partial charge in [-0.05, 0) is 36.8 Å². The zero-order valence-corrected chi connectivity index (χ0v) is 14.2. The standard InChI is InChI=1S/C16H14BrClN2O2/c1-11-8-13(17)6-7-15(11)22-10-16(21)20-19-9-12-4-2-3-5-14(12)18/h2-9H,10H2,1H3,(H,20,21)/b19-9+. The van der Waals surface area contributed by atoms with Crippen molar-refractivity contribution in [1.29, 1.82) is 0 Å². The minimum absolute atomic E-state index is 0.109. The Morgan fingerprint density at radius 3 is 2.86 bits per heavy atom. The number of rotatable bonds is 5. The van der Waals surface area contributed by atoms with Crippen molar-refractivity contribution in [3.05, 3.63) is 63.1 Å². The molecule has 114 valence electrons. The number of hydrazone groups is 1. The summed E-state index contributed by atoms with van der Waals surface area (Å²) in [5.41, 5.74) is 4.07. The third-order valence-corrected chi connectivity index (χ3v) is 3.63. The first-order valence-electron chi connectivity index (χ1n) is 6.51. The van der Waals surface area contributed by atoms with E-state index in [2.05, 4.69) is 26.5 Å². The minimum Gasteiger partial charge on any atom is -0.483 e. The fraction of sp³-hybridized carbons (Fsp3) is 0.125. The van der Waals surface area contributed by atoms with Gasteiger partial charge in [0.05, 0.1) is 6.21 Å². The normalized spacial score (nSPS) is 10.7. The highest BCUT2D eigenvalue weighted by Crippen LogP contribution is 2.21. The molecule has 0 aliphatic heterocycles. The Kier molecular flexibility index (Phi) is 5.98. The molecule has 0 unspecified atom stereocenters. The van der Waals surface area contributed by atoms with Crippen LogP contribution < -0.4 is 10.2 Å². The number of halogens is 2. The van der Waals surface area contributed by atoms with Crippen LogP contribution >= 0.6 is 27.5 Å². The van der Waals surface area contributed by atoms with Crippen molar-refractivity contribution in [3.8, 4) is 5.75 Å². The Morgan fingerprint density at radius 1 is 1.36 bits per heavy atom. The van der Waals surface area contributed by atoms with Gasteiger partial charge in [-0.2, -0.15) is 5.10 Å². The van der Waals surface area contributed by atoms with Crippen LogP contribution in [0.2, 0.25) is 5.02 Å². The van der Waals surface area contributed by atoms with Crippen LogP contribution in [-0.4, -0.2) is 18.7 Å². The van der Waals surface area contributed by atoms with Crippen molar-refractivity contribution >= 4 is 39.7 Å². The summed E-state index contributed by atoms with van der Waals surface area (Å²) < 4.78 is 6.41. The average Bonchev–Trinajstić information content (AvgIpc) is 2.48. The Bertz CT molecular complexity index is 704. The Balaban J connectivity index is 1.84. The van der Waals surface area contributed by atoms with E-state index >= 15 is 0 Å². The lowest BCUT2D eigenvalue weighted by atomic mass is 10.2. The van der Waals surface area contributed by atoms with Gasteiger partial charge in [0.2, 0.25) is 0 Å². The van der Waals surface area contributed by atoms with Crippen LogP contribution in [0, 0.1) is 6.92 Å². The van der Waals surface area contributed by atoms with Crippen LogP contribution in [0.5, 0.6) is 5.75 Å². The van der Waals surface area contributed by atoms with Crippen molar-refractivity contribution < 1.29 is 9.53 Å². The molecule has 0 fully saturated rings. The van der Waals surface area contributed by atoms with Gasteiger partial charge in [-0.25, -0.2) is 5.43 Å². The lowest BCUT2D eigenvalue weighted by Gasteiger charge is -2.08. The smallest absolute Gasteiger partial charge is 0.277 e. The maximum Gasteiger partial charge on any atom is 0.277 e. The van der Waals surface area contributed by atoms with Crippen LogP contribution in [0.3, 0.4) is 0 Å². The first-order chi connectivity index (χ1) is 10.6. The van der Waals surface area contributed by atoms with Gasteiger partial charge in [0, 0.05) is 15.1 Å². The van der Waals surface area contributed by atoms with E-state index in [4.69, 9.17) is 16.3 Å². The first-order valence-corrected chi connectivity index (χ1v) is 7.69. The predicted molar refractivity (Wildman–Crippen MR) is 91.6 cm³/mol. The lowest BCUT2D eigenvalue weighted by Crippen LogP contribution is -2.24. The van der Waals surface area contributed by atoms with Crippen LogP contribution in [-0.2, 0) is 4.79 Å². The predicted octanol–water partition coefficient (Wildman–Crippen LogP) is 3.94. The van der Waals surface area contributed by atoms with Gasteiger partial charge in [0.15, 0.2) is 6.61 Å². The highest BCUT2D eigenvalue weighted by molar-refractivity contribution is 9.10. The summed E-state index contributed by atoms with van der Waals surface area (Å²) in [6.45, 7) is 1.80. The lowest BCUT2D eigenvalue weighted by molar-refractivity contribution is -0.123. The molecule has 0 aliphatic rings. The molecule has 1 N–H and O–H groups in total. The molecule has 0 heterocycles. The number of carbonyl (C=O) groups is 1. The number of nitrogens with zero attached hydrogens (tertiary/aromatic N) is 1. The zero-order chi connectivity index (χ0) is 15.9. The van der Waals surface area contributed by atoms with Crippen molar-refractivity contribution in [1.82, 2.24) is 5.43 Å². The summed E-state index contributed by atoms with van der Waals surface area (Å²) in [6, 6.07) is 12.8. The molecule has 0 spiro atoms. The number of nitrogens with one attached hydrogen (secondary N) is 1. The van der Waals surface area contributed by atoms with Gasteiger partial charge in [0.1, 0.15) is 5.75 Å². The number of ether oxygens (including phenoxy) is 1. The Labute approximate surface area is 142 Å². The summed E-state index contributed by atoms with van der Waals surface area (Å²) in [5, 5.41) is 4.43. The maximum absolute atomic E-state index is 11.7. The molecule has 1 amide bonds. The van der Waals surface area contributed by atoms with E-state index in [0.29, 0.717) is 10.8 Å². The fourth-order valence-corrected chi connectivity index (χ4v) is 2.36. The summed E-state index contributed by atoms with van der Waals surface area (Å²) in [4.78, 5) is 11.7. The molecule has 6 heteroatoms. The van der Waals surface area contributed by atoms with E-state index in [9.17, 15) is 4.79 Å². The van der Waals surface area contributed by atoms with E-state index in [1.54, 1.807) is 18.2 Å². The van der Waals surface area contributed by atoms with E-state index in [0.717, 1.165) is 15.6 Å². The molecule has 0 saturated heterocycles. The van der Waals surface area contributed by atoms with Crippen molar-refractivity contribution in [2.24, 2.45) is 5.10 Å². The van der Waals surface area contributed by atoms with Crippen LogP contribution in [0.15, 0.2) is 52.0 Å². The summed E-state index contributed by atoms with van der Waals surface area (Å²) in [7, 11) is 0. The third kappa shape index (κ3) is 4.86. The molecule has 0 bridgehead atoms. The largest absolute Gasteiger partial charge is 0.483 e. The number of amides is 1. The van der Waals surface area contributed by atoms with Gasteiger partial charge < -0.3 is 4.74 Å². The summed E-state index contributed by atoms with van der Waals surface area (Å²) >= 11 is 9.35. The first kappa shape index (κ1) is 16.5. The Hall–Kier alpha value is -1.85. The molecule has 4 nitrogen and oxygen atoms in total. The SMILES string of the molecule is Cc1cc(Br)ccc1OCC(=O)N/N=C/c1ccccc1Cl. The van der Waals surface area contributed by atoms with Gasteiger partial charge >= 0.3 is 0 Å². The van der Waals surface area contributed by atoms with Crippen molar-refractivity contribution in [3.63, 3.8) is 0 Å². The highest BCUT2D eigenvalue weighted by Gasteiger charge is 2.04. The van der Waals surface area contributed by atoms with Gasteiger partial charge in [-0.1, -0.05) is 45.7 Å². The molecule has 0 saturated carbocycles. The van der Waals surface area contributed by atoms with Crippen molar-refractivity contribution in [2.45, 2.75) is 6.92 Å². The summed E-state index contributed by atoms with van der Waals surface area (Å²) in [6.07, 6.45) is 1.49. The number of benzene rings is 2. The second-order valence-electron chi connectivity index (χ2n) is 4.51. The molecule has 2 aromatic rings. The molecule has 0 aliphatic carbocycles. The fourth-order valence-electron chi connectivity index (χ4n) is 1.70. The molecule has 0 atom stereocenters. The topological polar surface area (TPSA) is 50.7 Å². The second-order valence-corrected chi connectivity index (χ2v) is 5.84. The molecule has 0 aromatic heterocycles. The molecule has 2 rings (SSSR count). The van der Waals surface area contributed by atoms with E-state index in [-0.39, 0.29) is 12.5 Å². The minimum atomic E-state index is -0.342. The number of hydrogen-bond donors (Lipinski definition) is 1. The van der Waals surface area contributed by atoms with Crippen LogP contribution in [0.1, 0.15) is 11.1 Å². The zero-order valence-electron chi connectivity index (χ0n) is 11.8. The average molecular weight is 382 g/mol. The van der Waals surface area contributed by atoms with Gasteiger partial charge in [0.25, 0.3) is 5.91 Å². The monoisotopic (exact) mass is 380 g/mol. The van der Waals surface area contributed by atoms with Crippen LogP contribution in [0.4, 0.5) is 0 Å². The molecular weight excluding hydrogens is 368 g/mol. The van der Waals surface area contributed by atoms with E-state index in [1.807, 2.05) is 31.2 Å². The van der Waals surface area contributed by atoms with Crippen LogP contribution in [0.25, 0.3) is 0 Å². The number of carbonyl (C=O) groups excluding carboxylic acids is 1. The number of aryl methyl sites for hydroxylation is 1. The second kappa shape index (κ2) is 7.96. The molecule has 22 heavy (non-hydrogen) atoms. The molecular formula is C16H14BrClN2O2. The summed E-state index contributed by atoms with van der Waals surface area (Å²) in [5.74, 6) is 0.319. The van der Waals surface area contributed by atoms with Gasteiger partial charge in [-0.3, -0.25) is 4.79 Å². The van der Waals surface area contributed by atoms with E-state index in [1.165, 1.54) is 6.21 Å². The maximum atomic E-state index is 11.7. The van der Waals surface area contributed by atoms with Crippen molar-refractivity contribution in [2.75, 3.05) is 6.61 Å². The Morgan fingerprint density at radius 2 is 2.14 bits per heavy atom. The molecule has 0 radical (unpaired) electrons. The molecule has 2 aromatic carbocycles. The van der Waals surface area contributed by atoms with E-state index < -0.39 is 0 Å². The quantitative estimate of drug-likeness (QED) is 0.630. The number of hydrogen-bond acceptors (Lipinski definition) is 3. The highest BCUT2D eigenvalue weighted by atomic mass is 79.9. The third-order valence-electron chi connectivity index (χ3n) is 2.79.